The van der Waals surface area contributed by atoms with Gasteiger partial charge in [0.25, 0.3) is 0 Å². The molecule has 0 unspecified atom stereocenters. The molecule has 0 radical (unpaired) electrons. The second-order valence-corrected chi connectivity index (χ2v) is 2.74. The first-order valence-corrected chi connectivity index (χ1v) is 4.00. The molecular formula is C10H11NO4. The summed E-state index contributed by atoms with van der Waals surface area (Å²) in [6, 6.07) is 6.11. The van der Waals surface area contributed by atoms with Gasteiger partial charge in [-0.05, 0) is 24.3 Å². The summed E-state index contributed by atoms with van der Waals surface area (Å²) in [5, 5.41) is 2.55. The van der Waals surface area contributed by atoms with Crippen LogP contribution in [0.4, 0.5) is 5.69 Å². The van der Waals surface area contributed by atoms with Crippen LogP contribution in [0.3, 0.4) is 0 Å². The van der Waals surface area contributed by atoms with E-state index in [1.807, 2.05) is 0 Å². The zero-order valence-corrected chi connectivity index (χ0v) is 8.11. The number of rotatable bonds is 3. The number of nitrogens with one attached hydrogen (secondary N) is 1. The molecule has 1 amide bonds. The summed E-state index contributed by atoms with van der Waals surface area (Å²) in [6.07, 6.45) is 0.257. The van der Waals surface area contributed by atoms with E-state index in [-0.39, 0.29) is 17.7 Å². The van der Waals surface area contributed by atoms with Crippen molar-refractivity contribution in [2.24, 2.45) is 0 Å². The van der Waals surface area contributed by atoms with Crippen LogP contribution < -0.4 is 5.32 Å². The molecule has 0 aromatic heterocycles. The topological polar surface area (TPSA) is 94.7 Å². The molecule has 5 nitrogen and oxygen atoms in total. The van der Waals surface area contributed by atoms with Crippen molar-refractivity contribution in [3.05, 3.63) is 29.8 Å². The second-order valence-electron chi connectivity index (χ2n) is 2.74. The van der Waals surface area contributed by atoms with Gasteiger partial charge in [-0.2, -0.15) is 0 Å². The number of carbonyl (C=O) groups is 3. The minimum absolute atomic E-state index is 0. The van der Waals surface area contributed by atoms with E-state index in [4.69, 9.17) is 0 Å². The Morgan fingerprint density at radius 3 is 2.13 bits per heavy atom. The van der Waals surface area contributed by atoms with Crippen molar-refractivity contribution >= 4 is 23.7 Å². The van der Waals surface area contributed by atoms with Crippen LogP contribution >= 0.6 is 0 Å². The van der Waals surface area contributed by atoms with Crippen LogP contribution in [0.25, 0.3) is 0 Å². The maximum Gasteiger partial charge on any atom is 0.225 e. The molecule has 0 spiro atoms. The first-order valence-electron chi connectivity index (χ1n) is 4.00. The molecule has 1 aromatic carbocycles. The van der Waals surface area contributed by atoms with Gasteiger partial charge in [0, 0.05) is 18.2 Å². The lowest BCUT2D eigenvalue weighted by Gasteiger charge is -2.01. The first kappa shape index (κ1) is 13.0. The number of aldehydes is 1. The average molecular weight is 209 g/mol. The minimum Gasteiger partial charge on any atom is -0.412 e. The lowest BCUT2D eigenvalue weighted by molar-refractivity contribution is -0.114. The molecule has 80 valence electrons. The zero-order chi connectivity index (χ0) is 10.6. The quantitative estimate of drug-likeness (QED) is 0.437. The van der Waals surface area contributed by atoms with Crippen LogP contribution in [-0.4, -0.2) is 23.5 Å². The van der Waals surface area contributed by atoms with Gasteiger partial charge in [-0.3, -0.25) is 14.4 Å². The number of benzene rings is 1. The molecule has 0 saturated heterocycles. The number of hydrogen-bond acceptors (Lipinski definition) is 3. The van der Waals surface area contributed by atoms with Crippen LogP contribution in [0, 0.1) is 0 Å². The van der Waals surface area contributed by atoms with Gasteiger partial charge in [0.2, 0.25) is 11.7 Å². The smallest absolute Gasteiger partial charge is 0.225 e. The van der Waals surface area contributed by atoms with Crippen molar-refractivity contribution in [2.75, 3.05) is 5.32 Å². The molecule has 0 aliphatic carbocycles. The Bertz CT molecular complexity index is 370. The Balaban J connectivity index is 0.00000196. The van der Waals surface area contributed by atoms with Crippen molar-refractivity contribution in [3.63, 3.8) is 0 Å². The Morgan fingerprint density at radius 1 is 1.20 bits per heavy atom. The minimum atomic E-state index is -0.570. The van der Waals surface area contributed by atoms with Crippen LogP contribution in [-0.2, 0) is 9.59 Å². The molecule has 0 heterocycles. The lowest BCUT2D eigenvalue weighted by Crippen LogP contribution is -2.06. The van der Waals surface area contributed by atoms with E-state index in [1.165, 1.54) is 19.1 Å². The number of amides is 1. The van der Waals surface area contributed by atoms with Gasteiger partial charge in [0.05, 0.1) is 0 Å². The van der Waals surface area contributed by atoms with Gasteiger partial charge in [-0.1, -0.05) is 0 Å². The van der Waals surface area contributed by atoms with E-state index in [0.717, 1.165) is 0 Å². The summed E-state index contributed by atoms with van der Waals surface area (Å²) < 4.78 is 0. The Hall–Kier alpha value is -2.01. The standard InChI is InChI=1S/C10H9NO3.H2O/c1-7(13)11-9-4-2-8(3-5-9)10(14)6-12;/h2-6H,1H3,(H,11,13);1H2. The summed E-state index contributed by atoms with van der Waals surface area (Å²) in [5.41, 5.74) is 0.911. The largest absolute Gasteiger partial charge is 0.412 e. The van der Waals surface area contributed by atoms with E-state index in [2.05, 4.69) is 5.32 Å². The molecule has 3 N–H and O–H groups in total. The Labute approximate surface area is 86.4 Å². The van der Waals surface area contributed by atoms with Crippen LogP contribution in [0.15, 0.2) is 24.3 Å². The van der Waals surface area contributed by atoms with Gasteiger partial charge < -0.3 is 10.8 Å². The van der Waals surface area contributed by atoms with E-state index >= 15 is 0 Å². The Kier molecular flexibility index (Phi) is 4.90. The fourth-order valence-corrected chi connectivity index (χ4v) is 0.989. The van der Waals surface area contributed by atoms with Gasteiger partial charge in [-0.15, -0.1) is 0 Å². The highest BCUT2D eigenvalue weighted by molar-refractivity contribution is 6.33. The molecule has 5 heteroatoms. The summed E-state index contributed by atoms with van der Waals surface area (Å²) in [6.45, 7) is 1.39. The average Bonchev–Trinajstić information content (AvgIpc) is 2.17. The molecule has 0 bridgehead atoms. The van der Waals surface area contributed by atoms with Crippen molar-refractivity contribution in [2.45, 2.75) is 6.92 Å². The third-order valence-corrected chi connectivity index (χ3v) is 1.60. The first-order chi connectivity index (χ1) is 6.63. The molecule has 0 aliphatic heterocycles. The van der Waals surface area contributed by atoms with Crippen molar-refractivity contribution in [3.8, 4) is 0 Å². The Morgan fingerprint density at radius 2 is 1.73 bits per heavy atom. The molecule has 1 rings (SSSR count). The number of anilines is 1. The molecule has 15 heavy (non-hydrogen) atoms. The van der Waals surface area contributed by atoms with Crippen LogP contribution in [0.2, 0.25) is 0 Å². The van der Waals surface area contributed by atoms with Gasteiger partial charge in [0.15, 0.2) is 6.29 Å². The normalized spacial score (nSPS) is 8.60. The second kappa shape index (κ2) is 5.66. The monoisotopic (exact) mass is 209 g/mol. The highest BCUT2D eigenvalue weighted by Crippen LogP contribution is 2.09. The summed E-state index contributed by atoms with van der Waals surface area (Å²) in [7, 11) is 0. The predicted molar refractivity (Wildman–Crippen MR) is 54.8 cm³/mol. The molecular weight excluding hydrogens is 198 g/mol. The molecule has 0 saturated carbocycles. The summed E-state index contributed by atoms with van der Waals surface area (Å²) in [5.74, 6) is -0.751. The molecule has 0 atom stereocenters. The van der Waals surface area contributed by atoms with Crippen LogP contribution in [0.5, 0.6) is 0 Å². The van der Waals surface area contributed by atoms with Gasteiger partial charge in [-0.25, -0.2) is 0 Å². The summed E-state index contributed by atoms with van der Waals surface area (Å²) >= 11 is 0. The van der Waals surface area contributed by atoms with Crippen molar-refractivity contribution in [1.29, 1.82) is 0 Å². The lowest BCUT2D eigenvalue weighted by atomic mass is 10.1. The van der Waals surface area contributed by atoms with Crippen LogP contribution in [0.1, 0.15) is 17.3 Å². The highest BCUT2D eigenvalue weighted by atomic mass is 16.2. The van der Waals surface area contributed by atoms with E-state index in [0.29, 0.717) is 11.3 Å². The molecule has 0 fully saturated rings. The number of Topliss-reactive ketones (excluding diaryl/α,β-unsaturated/α-hetero) is 1. The number of ketones is 1. The summed E-state index contributed by atoms with van der Waals surface area (Å²) in [4.78, 5) is 31.7. The van der Waals surface area contributed by atoms with Crippen molar-refractivity contribution in [1.82, 2.24) is 0 Å². The number of carbonyl (C=O) groups excluding carboxylic acids is 3. The van der Waals surface area contributed by atoms with Crippen molar-refractivity contribution < 1.29 is 19.9 Å². The van der Waals surface area contributed by atoms with Gasteiger partial charge >= 0.3 is 0 Å². The van der Waals surface area contributed by atoms with E-state index < -0.39 is 5.78 Å². The third kappa shape index (κ3) is 3.70. The fraction of sp³-hybridized carbons (Fsp3) is 0.100. The maximum atomic E-state index is 10.9. The zero-order valence-electron chi connectivity index (χ0n) is 8.11. The highest BCUT2D eigenvalue weighted by Gasteiger charge is 2.03. The van der Waals surface area contributed by atoms with Gasteiger partial charge in [0.1, 0.15) is 0 Å². The number of hydrogen-bond donors (Lipinski definition) is 1. The SMILES string of the molecule is CC(=O)Nc1ccc(C(=O)C=O)cc1.O. The predicted octanol–water partition coefficient (Wildman–Crippen LogP) is 0.202. The third-order valence-electron chi connectivity index (χ3n) is 1.60. The molecule has 1 aromatic rings. The van der Waals surface area contributed by atoms with E-state index in [9.17, 15) is 14.4 Å². The van der Waals surface area contributed by atoms with E-state index in [1.54, 1.807) is 12.1 Å². The fourth-order valence-electron chi connectivity index (χ4n) is 0.989. The molecule has 0 aliphatic rings. The maximum absolute atomic E-state index is 10.9.